The number of aromatic nitrogens is 1. The summed E-state index contributed by atoms with van der Waals surface area (Å²) in [6.45, 7) is 0. The van der Waals surface area contributed by atoms with Crippen molar-refractivity contribution in [2.45, 2.75) is 0 Å². The summed E-state index contributed by atoms with van der Waals surface area (Å²) >= 11 is 10.2. The van der Waals surface area contributed by atoms with E-state index in [0.717, 1.165) is 31.6 Å². The van der Waals surface area contributed by atoms with Gasteiger partial charge in [0, 0.05) is 20.9 Å². The molecule has 0 unspecified atom stereocenters. The Balaban J connectivity index is 1.96. The number of hydrogen-bond acceptors (Lipinski definition) is 0. The van der Waals surface area contributed by atoms with Crippen molar-refractivity contribution in [3.8, 4) is 5.69 Å². The zero-order valence-electron chi connectivity index (χ0n) is 13.2. The van der Waals surface area contributed by atoms with Gasteiger partial charge in [-0.25, -0.2) is 0 Å². The molecule has 0 atom stereocenters. The summed E-state index contributed by atoms with van der Waals surface area (Å²) in [4.78, 5) is 0. The van der Waals surface area contributed by atoms with Gasteiger partial charge in [0.25, 0.3) is 0 Å². The highest BCUT2D eigenvalue weighted by Gasteiger charge is 2.15. The van der Waals surface area contributed by atoms with Gasteiger partial charge >= 0.3 is 0 Å². The maximum absolute atomic E-state index is 6.59. The lowest BCUT2D eigenvalue weighted by molar-refractivity contribution is 1.18. The first-order chi connectivity index (χ1) is 12.2. The zero-order chi connectivity index (χ0) is 17.0. The van der Waals surface area contributed by atoms with Crippen LogP contribution in [0, 0.1) is 0 Å². The molecule has 0 aliphatic heterocycles. The number of nitrogens with zero attached hydrogens (tertiary/aromatic N) is 1. The van der Waals surface area contributed by atoms with E-state index in [9.17, 15) is 0 Å². The van der Waals surface area contributed by atoms with E-state index in [2.05, 4.69) is 93.3 Å². The van der Waals surface area contributed by atoms with Crippen LogP contribution in [-0.4, -0.2) is 4.57 Å². The summed E-state index contributed by atoms with van der Waals surface area (Å²) in [5, 5.41) is 5.50. The van der Waals surface area contributed by atoms with Gasteiger partial charge in [-0.3, -0.25) is 0 Å². The second-order valence-electron chi connectivity index (χ2n) is 6.17. The van der Waals surface area contributed by atoms with Crippen molar-refractivity contribution in [1.82, 2.24) is 4.57 Å². The number of rotatable bonds is 1. The first kappa shape index (κ1) is 15.0. The fraction of sp³-hybridized carbons (Fsp3) is 0. The van der Waals surface area contributed by atoms with Crippen LogP contribution in [0.2, 0.25) is 5.02 Å². The maximum atomic E-state index is 6.59. The number of para-hydroxylation sites is 1. The SMILES string of the molecule is Clc1cc(Br)cc2c1c1ccccc1n2-c1ccc2ccccc2c1. The van der Waals surface area contributed by atoms with Gasteiger partial charge in [-0.2, -0.15) is 0 Å². The largest absolute Gasteiger partial charge is 0.309 e. The van der Waals surface area contributed by atoms with Crippen LogP contribution in [0.25, 0.3) is 38.3 Å². The summed E-state index contributed by atoms with van der Waals surface area (Å²) in [5.41, 5.74) is 3.41. The van der Waals surface area contributed by atoms with Gasteiger partial charge in [0.05, 0.1) is 16.1 Å². The number of benzene rings is 4. The van der Waals surface area contributed by atoms with Gasteiger partial charge in [0.15, 0.2) is 0 Å². The van der Waals surface area contributed by atoms with Crippen LogP contribution >= 0.6 is 27.5 Å². The van der Waals surface area contributed by atoms with Crippen LogP contribution in [0.15, 0.2) is 83.3 Å². The van der Waals surface area contributed by atoms with Gasteiger partial charge in [-0.1, -0.05) is 76.1 Å². The highest BCUT2D eigenvalue weighted by atomic mass is 79.9. The highest BCUT2D eigenvalue weighted by molar-refractivity contribution is 9.10. The Bertz CT molecular complexity index is 1270. The zero-order valence-corrected chi connectivity index (χ0v) is 15.6. The van der Waals surface area contributed by atoms with E-state index in [4.69, 9.17) is 11.6 Å². The predicted octanol–water partition coefficient (Wildman–Crippen LogP) is 7.35. The molecule has 0 N–H and O–H groups in total. The molecule has 120 valence electrons. The molecular weight excluding hydrogens is 394 g/mol. The van der Waals surface area contributed by atoms with E-state index in [1.165, 1.54) is 16.2 Å². The van der Waals surface area contributed by atoms with Gasteiger partial charge < -0.3 is 4.57 Å². The molecule has 0 bridgehead atoms. The fourth-order valence-corrected chi connectivity index (χ4v) is 4.50. The Morgan fingerprint density at radius 1 is 0.720 bits per heavy atom. The summed E-state index contributed by atoms with van der Waals surface area (Å²) < 4.78 is 3.27. The van der Waals surface area contributed by atoms with E-state index in [1.807, 2.05) is 6.07 Å². The number of hydrogen-bond donors (Lipinski definition) is 0. The van der Waals surface area contributed by atoms with Crippen molar-refractivity contribution < 1.29 is 0 Å². The molecule has 5 rings (SSSR count). The fourth-order valence-electron chi connectivity index (χ4n) is 3.61. The molecule has 0 aliphatic carbocycles. The molecular formula is C22H13BrClN. The number of fused-ring (bicyclic) bond motifs is 4. The second kappa shape index (κ2) is 5.62. The minimum absolute atomic E-state index is 0.764. The molecule has 0 amide bonds. The van der Waals surface area contributed by atoms with Gasteiger partial charge in [-0.15, -0.1) is 0 Å². The molecule has 5 aromatic rings. The van der Waals surface area contributed by atoms with Gasteiger partial charge in [-0.05, 0) is 41.1 Å². The summed E-state index contributed by atoms with van der Waals surface area (Å²) in [6.07, 6.45) is 0. The third kappa shape index (κ3) is 2.29. The molecule has 0 spiro atoms. The van der Waals surface area contributed by atoms with Crippen molar-refractivity contribution in [3.63, 3.8) is 0 Å². The van der Waals surface area contributed by atoms with Crippen molar-refractivity contribution in [2.24, 2.45) is 0 Å². The first-order valence-corrected chi connectivity index (χ1v) is 9.27. The van der Waals surface area contributed by atoms with Crippen LogP contribution in [-0.2, 0) is 0 Å². The third-order valence-electron chi connectivity index (χ3n) is 4.68. The molecule has 1 heterocycles. The predicted molar refractivity (Wildman–Crippen MR) is 111 cm³/mol. The average Bonchev–Trinajstić information content (AvgIpc) is 2.95. The average molecular weight is 407 g/mol. The van der Waals surface area contributed by atoms with Crippen molar-refractivity contribution in [2.75, 3.05) is 0 Å². The monoisotopic (exact) mass is 405 g/mol. The second-order valence-corrected chi connectivity index (χ2v) is 7.49. The minimum atomic E-state index is 0.764. The molecule has 0 saturated carbocycles. The molecule has 1 aromatic heterocycles. The Kier molecular flexibility index (Phi) is 3.37. The van der Waals surface area contributed by atoms with E-state index < -0.39 is 0 Å². The van der Waals surface area contributed by atoms with Crippen molar-refractivity contribution in [3.05, 3.63) is 88.4 Å². The Hall–Kier alpha value is -2.29. The summed E-state index contributed by atoms with van der Waals surface area (Å²) in [7, 11) is 0. The maximum Gasteiger partial charge on any atom is 0.0567 e. The normalized spacial score (nSPS) is 11.6. The summed E-state index contributed by atoms with van der Waals surface area (Å²) in [6, 6.07) is 27.5. The standard InChI is InChI=1S/C22H13BrClN/c23-16-12-19(24)22-18-7-3-4-8-20(18)25(21(22)13-16)17-10-9-14-5-1-2-6-15(14)11-17/h1-13H. The number of halogens is 2. The lowest BCUT2D eigenvalue weighted by Crippen LogP contribution is -1.93. The summed E-state index contributed by atoms with van der Waals surface area (Å²) in [5.74, 6) is 0. The Morgan fingerprint density at radius 2 is 1.48 bits per heavy atom. The Labute approximate surface area is 158 Å². The Morgan fingerprint density at radius 3 is 2.36 bits per heavy atom. The van der Waals surface area contributed by atoms with E-state index in [1.54, 1.807) is 0 Å². The molecule has 25 heavy (non-hydrogen) atoms. The molecule has 4 aromatic carbocycles. The van der Waals surface area contributed by atoms with E-state index in [-0.39, 0.29) is 0 Å². The third-order valence-corrected chi connectivity index (χ3v) is 5.44. The van der Waals surface area contributed by atoms with Crippen LogP contribution in [0.1, 0.15) is 0 Å². The van der Waals surface area contributed by atoms with Crippen LogP contribution in [0.3, 0.4) is 0 Å². The highest BCUT2D eigenvalue weighted by Crippen LogP contribution is 2.38. The molecule has 0 radical (unpaired) electrons. The van der Waals surface area contributed by atoms with Crippen molar-refractivity contribution >= 4 is 60.1 Å². The smallest absolute Gasteiger partial charge is 0.0567 e. The quantitative estimate of drug-likeness (QED) is 0.274. The van der Waals surface area contributed by atoms with E-state index >= 15 is 0 Å². The molecule has 1 nitrogen and oxygen atoms in total. The lowest BCUT2D eigenvalue weighted by Gasteiger charge is -2.09. The molecule has 0 saturated heterocycles. The van der Waals surface area contributed by atoms with Gasteiger partial charge in [0.1, 0.15) is 0 Å². The van der Waals surface area contributed by atoms with Crippen LogP contribution in [0.5, 0.6) is 0 Å². The van der Waals surface area contributed by atoms with Crippen LogP contribution < -0.4 is 0 Å². The molecule has 0 aliphatic rings. The van der Waals surface area contributed by atoms with E-state index in [0.29, 0.717) is 0 Å². The minimum Gasteiger partial charge on any atom is -0.309 e. The van der Waals surface area contributed by atoms with Crippen LogP contribution in [0.4, 0.5) is 0 Å². The molecule has 3 heteroatoms. The first-order valence-electron chi connectivity index (χ1n) is 8.10. The topological polar surface area (TPSA) is 4.93 Å². The van der Waals surface area contributed by atoms with Gasteiger partial charge in [0.2, 0.25) is 0 Å². The molecule has 0 fully saturated rings. The van der Waals surface area contributed by atoms with Crippen molar-refractivity contribution in [1.29, 1.82) is 0 Å². The lowest BCUT2D eigenvalue weighted by atomic mass is 10.1.